The molecule has 0 fully saturated rings. The maximum atomic E-state index is 11.9. The van der Waals surface area contributed by atoms with E-state index in [1.54, 1.807) is 12.1 Å². The Morgan fingerprint density at radius 1 is 1.39 bits per heavy atom. The summed E-state index contributed by atoms with van der Waals surface area (Å²) in [4.78, 5) is 11.9. The van der Waals surface area contributed by atoms with Crippen LogP contribution in [-0.2, 0) is 4.79 Å². The van der Waals surface area contributed by atoms with Crippen LogP contribution in [0.3, 0.4) is 0 Å². The minimum Gasteiger partial charge on any atom is -0.479 e. The number of para-hydroxylation sites is 1. The molecule has 0 saturated heterocycles. The minimum absolute atomic E-state index is 0.0916. The highest BCUT2D eigenvalue weighted by atomic mass is 35.5. The highest BCUT2D eigenvalue weighted by Crippen LogP contribution is 2.24. The van der Waals surface area contributed by atoms with Gasteiger partial charge in [0.2, 0.25) is 0 Å². The molecule has 1 atom stereocenters. The maximum absolute atomic E-state index is 11.9. The van der Waals surface area contributed by atoms with Crippen LogP contribution in [0.1, 0.15) is 27.2 Å². The third-order valence-electron chi connectivity index (χ3n) is 2.45. The fraction of sp³-hybridized carbons (Fsp3) is 0.500. The number of rotatable bonds is 6. The number of carbonyl (C=O) groups excluding carboxylic acids is 1. The standard InChI is InChI=1S/C14H20ClNO2/c1-4-12(14(17)16-9-10(2)3)18-13-8-6-5-7-11(13)15/h5-8,10,12H,4,9H2,1-3H3,(H,16,17). The smallest absolute Gasteiger partial charge is 0.261 e. The molecule has 0 aliphatic rings. The fourth-order valence-corrected chi connectivity index (χ4v) is 1.61. The van der Waals surface area contributed by atoms with E-state index in [4.69, 9.17) is 16.3 Å². The first-order valence-corrected chi connectivity index (χ1v) is 6.61. The molecule has 0 aliphatic carbocycles. The van der Waals surface area contributed by atoms with Crippen molar-refractivity contribution < 1.29 is 9.53 Å². The Morgan fingerprint density at radius 2 is 2.06 bits per heavy atom. The Morgan fingerprint density at radius 3 is 2.61 bits per heavy atom. The third kappa shape index (κ3) is 4.57. The zero-order chi connectivity index (χ0) is 13.5. The van der Waals surface area contributed by atoms with E-state index in [-0.39, 0.29) is 5.91 Å². The zero-order valence-electron chi connectivity index (χ0n) is 11.1. The molecule has 0 aromatic heterocycles. The topological polar surface area (TPSA) is 38.3 Å². The second kappa shape index (κ2) is 7.27. The largest absolute Gasteiger partial charge is 0.479 e. The molecular weight excluding hydrogens is 250 g/mol. The van der Waals surface area contributed by atoms with Crippen molar-refractivity contribution in [2.24, 2.45) is 5.92 Å². The zero-order valence-corrected chi connectivity index (χ0v) is 11.8. The van der Waals surface area contributed by atoms with Crippen LogP contribution in [-0.4, -0.2) is 18.6 Å². The van der Waals surface area contributed by atoms with Gasteiger partial charge in [0.05, 0.1) is 5.02 Å². The summed E-state index contributed by atoms with van der Waals surface area (Å²) in [5, 5.41) is 3.39. The van der Waals surface area contributed by atoms with Gasteiger partial charge in [0.25, 0.3) is 5.91 Å². The molecule has 1 rings (SSSR count). The lowest BCUT2D eigenvalue weighted by molar-refractivity contribution is -0.128. The molecule has 4 heteroatoms. The Hall–Kier alpha value is -1.22. The van der Waals surface area contributed by atoms with Crippen LogP contribution in [0.5, 0.6) is 5.75 Å². The number of hydrogen-bond acceptors (Lipinski definition) is 2. The number of nitrogens with one attached hydrogen (secondary N) is 1. The average Bonchev–Trinajstić information content (AvgIpc) is 2.35. The molecule has 1 aromatic rings. The van der Waals surface area contributed by atoms with Gasteiger partial charge in [-0.1, -0.05) is 44.5 Å². The second-order valence-corrected chi connectivity index (χ2v) is 4.99. The summed E-state index contributed by atoms with van der Waals surface area (Å²) in [5.74, 6) is 0.878. The molecular formula is C14H20ClNO2. The minimum atomic E-state index is -0.497. The van der Waals surface area contributed by atoms with Crippen molar-refractivity contribution in [3.8, 4) is 5.75 Å². The second-order valence-electron chi connectivity index (χ2n) is 4.58. The first-order valence-electron chi connectivity index (χ1n) is 6.23. The van der Waals surface area contributed by atoms with Crippen LogP contribution in [0.15, 0.2) is 24.3 Å². The third-order valence-corrected chi connectivity index (χ3v) is 2.77. The summed E-state index contributed by atoms with van der Waals surface area (Å²) >= 11 is 6.00. The summed E-state index contributed by atoms with van der Waals surface area (Å²) in [5.41, 5.74) is 0. The van der Waals surface area contributed by atoms with Gasteiger partial charge < -0.3 is 10.1 Å². The number of ether oxygens (including phenoxy) is 1. The molecule has 1 unspecified atom stereocenters. The van der Waals surface area contributed by atoms with Gasteiger partial charge in [-0.3, -0.25) is 4.79 Å². The number of amides is 1. The van der Waals surface area contributed by atoms with E-state index in [0.29, 0.717) is 29.7 Å². The van der Waals surface area contributed by atoms with Crippen molar-refractivity contribution in [1.29, 1.82) is 0 Å². The van der Waals surface area contributed by atoms with Gasteiger partial charge in [-0.2, -0.15) is 0 Å². The Balaban J connectivity index is 2.62. The molecule has 3 nitrogen and oxygen atoms in total. The molecule has 100 valence electrons. The van der Waals surface area contributed by atoms with Crippen molar-refractivity contribution in [3.05, 3.63) is 29.3 Å². The molecule has 0 aliphatic heterocycles. The van der Waals surface area contributed by atoms with E-state index in [2.05, 4.69) is 19.2 Å². The molecule has 0 spiro atoms. The predicted molar refractivity (Wildman–Crippen MR) is 74.0 cm³/mol. The Bertz CT molecular complexity index is 393. The van der Waals surface area contributed by atoms with E-state index < -0.39 is 6.10 Å². The molecule has 1 aromatic carbocycles. The summed E-state index contributed by atoms with van der Waals surface area (Å²) in [7, 11) is 0. The van der Waals surface area contributed by atoms with Crippen LogP contribution in [0.4, 0.5) is 0 Å². The molecule has 18 heavy (non-hydrogen) atoms. The van der Waals surface area contributed by atoms with E-state index in [1.165, 1.54) is 0 Å². The molecule has 0 radical (unpaired) electrons. The van der Waals surface area contributed by atoms with Crippen molar-refractivity contribution >= 4 is 17.5 Å². The van der Waals surface area contributed by atoms with Crippen LogP contribution in [0.2, 0.25) is 5.02 Å². The van der Waals surface area contributed by atoms with E-state index in [1.807, 2.05) is 19.1 Å². The van der Waals surface area contributed by atoms with Gasteiger partial charge >= 0.3 is 0 Å². The predicted octanol–water partition coefficient (Wildman–Crippen LogP) is 3.27. The molecule has 1 N–H and O–H groups in total. The average molecular weight is 270 g/mol. The van der Waals surface area contributed by atoms with Gasteiger partial charge in [0, 0.05) is 6.54 Å². The number of benzene rings is 1. The first kappa shape index (κ1) is 14.8. The van der Waals surface area contributed by atoms with Gasteiger partial charge in [0.1, 0.15) is 5.75 Å². The van der Waals surface area contributed by atoms with Crippen LogP contribution in [0, 0.1) is 5.92 Å². The van der Waals surface area contributed by atoms with Crippen molar-refractivity contribution in [3.63, 3.8) is 0 Å². The highest BCUT2D eigenvalue weighted by molar-refractivity contribution is 6.32. The number of carbonyl (C=O) groups is 1. The summed E-state index contributed by atoms with van der Waals surface area (Å²) in [6.45, 7) is 6.67. The SMILES string of the molecule is CCC(Oc1ccccc1Cl)C(=O)NCC(C)C. The lowest BCUT2D eigenvalue weighted by atomic mass is 10.2. The van der Waals surface area contributed by atoms with Gasteiger partial charge in [-0.05, 0) is 24.5 Å². The molecule has 0 bridgehead atoms. The quantitative estimate of drug-likeness (QED) is 0.861. The fourth-order valence-electron chi connectivity index (χ4n) is 1.43. The Labute approximate surface area is 113 Å². The lowest BCUT2D eigenvalue weighted by Crippen LogP contribution is -2.39. The van der Waals surface area contributed by atoms with E-state index >= 15 is 0 Å². The lowest BCUT2D eigenvalue weighted by Gasteiger charge is -2.18. The normalized spacial score (nSPS) is 12.3. The van der Waals surface area contributed by atoms with Crippen molar-refractivity contribution in [1.82, 2.24) is 5.32 Å². The molecule has 0 saturated carbocycles. The van der Waals surface area contributed by atoms with Crippen molar-refractivity contribution in [2.75, 3.05) is 6.54 Å². The first-order chi connectivity index (χ1) is 8.54. The van der Waals surface area contributed by atoms with Gasteiger partial charge in [-0.25, -0.2) is 0 Å². The summed E-state index contributed by atoms with van der Waals surface area (Å²) < 4.78 is 5.64. The highest BCUT2D eigenvalue weighted by Gasteiger charge is 2.19. The molecule has 1 amide bonds. The Kier molecular flexibility index (Phi) is 5.99. The maximum Gasteiger partial charge on any atom is 0.261 e. The number of halogens is 1. The van der Waals surface area contributed by atoms with Crippen LogP contribution in [0.25, 0.3) is 0 Å². The monoisotopic (exact) mass is 269 g/mol. The summed E-state index contributed by atoms with van der Waals surface area (Å²) in [6, 6.07) is 7.17. The molecule has 0 heterocycles. The van der Waals surface area contributed by atoms with Crippen LogP contribution >= 0.6 is 11.6 Å². The van der Waals surface area contributed by atoms with Crippen molar-refractivity contribution in [2.45, 2.75) is 33.3 Å². The van der Waals surface area contributed by atoms with E-state index in [0.717, 1.165) is 0 Å². The van der Waals surface area contributed by atoms with Gasteiger partial charge in [-0.15, -0.1) is 0 Å². The van der Waals surface area contributed by atoms with Crippen LogP contribution < -0.4 is 10.1 Å². The number of hydrogen-bond donors (Lipinski definition) is 1. The van der Waals surface area contributed by atoms with Gasteiger partial charge in [0.15, 0.2) is 6.10 Å². The summed E-state index contributed by atoms with van der Waals surface area (Å²) in [6.07, 6.45) is 0.110. The van der Waals surface area contributed by atoms with E-state index in [9.17, 15) is 4.79 Å².